The number of benzene rings is 2. The number of fused-ring (bicyclic) bond motifs is 2. The van der Waals surface area contributed by atoms with Crippen LogP contribution in [-0.2, 0) is 9.53 Å². The number of nitrogens with zero attached hydrogens (tertiary/aromatic N) is 3. The van der Waals surface area contributed by atoms with Gasteiger partial charge in [0.2, 0.25) is 0 Å². The number of aromatic nitrogens is 2. The van der Waals surface area contributed by atoms with Crippen LogP contribution in [0.15, 0.2) is 53.9 Å². The Balaban J connectivity index is 1.55. The smallest absolute Gasteiger partial charge is 0.309 e. The van der Waals surface area contributed by atoms with Gasteiger partial charge in [0.15, 0.2) is 5.82 Å². The number of thiophene rings is 1. The summed E-state index contributed by atoms with van der Waals surface area (Å²) in [6.07, 6.45) is 1.56. The minimum absolute atomic E-state index is 0.0243. The van der Waals surface area contributed by atoms with E-state index in [1.54, 1.807) is 11.3 Å². The van der Waals surface area contributed by atoms with E-state index in [-0.39, 0.29) is 11.9 Å². The van der Waals surface area contributed by atoms with E-state index in [4.69, 9.17) is 14.7 Å². The zero-order valence-corrected chi connectivity index (χ0v) is 17.7. The van der Waals surface area contributed by atoms with E-state index in [0.29, 0.717) is 6.61 Å². The second kappa shape index (κ2) is 8.03. The Labute approximate surface area is 179 Å². The number of esters is 1. The topological polar surface area (TPSA) is 55.3 Å². The van der Waals surface area contributed by atoms with Gasteiger partial charge in [-0.25, -0.2) is 9.97 Å². The Hall–Kier alpha value is -2.99. The van der Waals surface area contributed by atoms with Crippen LogP contribution >= 0.6 is 11.3 Å². The van der Waals surface area contributed by atoms with Crippen molar-refractivity contribution in [3.63, 3.8) is 0 Å². The molecule has 0 radical (unpaired) electrons. The number of rotatable bonds is 4. The Bertz CT molecular complexity index is 1200. The standard InChI is InChI=1S/C24H23N3O2S/c1-2-29-24(28)16-9-11-27(12-10-16)23-22(21-8-5-13-30-21)25-19-14-17-6-3-4-7-18(17)15-20(19)26-23/h3-8,13-16H,2,9-12H2,1H3. The molecule has 1 fully saturated rings. The van der Waals surface area contributed by atoms with Crippen LogP contribution in [0.1, 0.15) is 19.8 Å². The van der Waals surface area contributed by atoms with Crippen LogP contribution in [0.25, 0.3) is 32.4 Å². The molecule has 152 valence electrons. The van der Waals surface area contributed by atoms with Crippen LogP contribution in [0, 0.1) is 5.92 Å². The summed E-state index contributed by atoms with van der Waals surface area (Å²) in [5.41, 5.74) is 2.72. The number of hydrogen-bond acceptors (Lipinski definition) is 6. The minimum atomic E-state index is -0.0771. The van der Waals surface area contributed by atoms with Crippen molar-refractivity contribution in [3.05, 3.63) is 53.9 Å². The third kappa shape index (κ3) is 3.52. The molecule has 0 bridgehead atoms. The zero-order chi connectivity index (χ0) is 20.5. The van der Waals surface area contributed by atoms with Gasteiger partial charge >= 0.3 is 5.97 Å². The van der Waals surface area contributed by atoms with Crippen LogP contribution in [-0.4, -0.2) is 35.6 Å². The molecule has 0 atom stereocenters. The summed E-state index contributed by atoms with van der Waals surface area (Å²) in [4.78, 5) is 25.6. The summed E-state index contributed by atoms with van der Waals surface area (Å²) < 4.78 is 5.22. The van der Waals surface area contributed by atoms with Crippen molar-refractivity contribution < 1.29 is 9.53 Å². The van der Waals surface area contributed by atoms with Gasteiger partial charge in [-0.1, -0.05) is 30.3 Å². The van der Waals surface area contributed by atoms with Crippen molar-refractivity contribution in [1.82, 2.24) is 9.97 Å². The fourth-order valence-corrected chi connectivity index (χ4v) is 4.83. The van der Waals surface area contributed by atoms with Crippen molar-refractivity contribution >= 4 is 44.9 Å². The minimum Gasteiger partial charge on any atom is -0.466 e. The molecule has 4 aromatic rings. The van der Waals surface area contributed by atoms with E-state index in [9.17, 15) is 4.79 Å². The van der Waals surface area contributed by atoms with E-state index in [0.717, 1.165) is 58.7 Å². The molecule has 30 heavy (non-hydrogen) atoms. The Morgan fingerprint density at radius 2 is 1.77 bits per heavy atom. The van der Waals surface area contributed by atoms with Gasteiger partial charge in [0.05, 0.1) is 28.4 Å². The van der Waals surface area contributed by atoms with Gasteiger partial charge in [-0.3, -0.25) is 4.79 Å². The van der Waals surface area contributed by atoms with Crippen LogP contribution in [0.5, 0.6) is 0 Å². The third-order valence-corrected chi connectivity index (χ3v) is 6.56. The number of carbonyl (C=O) groups excluding carboxylic acids is 1. The fourth-order valence-electron chi connectivity index (χ4n) is 4.12. The maximum absolute atomic E-state index is 12.1. The summed E-state index contributed by atoms with van der Waals surface area (Å²) in [5, 5.41) is 4.40. The molecule has 0 saturated carbocycles. The average molecular weight is 418 g/mol. The van der Waals surface area contributed by atoms with Gasteiger partial charge in [0.1, 0.15) is 5.69 Å². The number of ether oxygens (including phenoxy) is 1. The number of piperidine rings is 1. The first kappa shape index (κ1) is 19.0. The molecule has 0 aliphatic carbocycles. The molecular formula is C24H23N3O2S. The van der Waals surface area contributed by atoms with Gasteiger partial charge in [0.25, 0.3) is 0 Å². The van der Waals surface area contributed by atoms with Gasteiger partial charge < -0.3 is 9.64 Å². The van der Waals surface area contributed by atoms with Crippen LogP contribution in [0.4, 0.5) is 5.82 Å². The van der Waals surface area contributed by atoms with Gasteiger partial charge in [-0.15, -0.1) is 11.3 Å². The van der Waals surface area contributed by atoms with E-state index < -0.39 is 0 Å². The maximum Gasteiger partial charge on any atom is 0.309 e. The van der Waals surface area contributed by atoms with Crippen molar-refractivity contribution in [2.45, 2.75) is 19.8 Å². The third-order valence-electron chi connectivity index (χ3n) is 5.68. The Morgan fingerprint density at radius 3 is 2.40 bits per heavy atom. The van der Waals surface area contributed by atoms with Crippen molar-refractivity contribution in [2.24, 2.45) is 5.92 Å². The monoisotopic (exact) mass is 417 g/mol. The first-order chi connectivity index (χ1) is 14.7. The van der Waals surface area contributed by atoms with Gasteiger partial charge in [0, 0.05) is 13.1 Å². The molecule has 0 N–H and O–H groups in total. The molecule has 1 aliphatic heterocycles. The Kier molecular flexibility index (Phi) is 5.09. The summed E-state index contributed by atoms with van der Waals surface area (Å²) in [6, 6.07) is 16.7. The number of carbonyl (C=O) groups is 1. The van der Waals surface area contributed by atoms with E-state index in [1.165, 1.54) is 5.39 Å². The average Bonchev–Trinajstić information content (AvgIpc) is 3.32. The van der Waals surface area contributed by atoms with E-state index in [1.807, 2.05) is 25.1 Å². The molecule has 0 unspecified atom stereocenters. The summed E-state index contributed by atoms with van der Waals surface area (Å²) in [7, 11) is 0. The zero-order valence-electron chi connectivity index (χ0n) is 16.9. The van der Waals surface area contributed by atoms with Gasteiger partial charge in [-0.05, 0) is 54.1 Å². The first-order valence-electron chi connectivity index (χ1n) is 10.4. The number of anilines is 1. The molecule has 5 rings (SSSR count). The van der Waals surface area contributed by atoms with Crippen LogP contribution in [0.2, 0.25) is 0 Å². The summed E-state index contributed by atoms with van der Waals surface area (Å²) in [6.45, 7) is 3.84. The lowest BCUT2D eigenvalue weighted by atomic mass is 9.97. The van der Waals surface area contributed by atoms with Crippen molar-refractivity contribution in [2.75, 3.05) is 24.6 Å². The van der Waals surface area contributed by atoms with Crippen molar-refractivity contribution in [1.29, 1.82) is 0 Å². The highest BCUT2D eigenvalue weighted by atomic mass is 32.1. The first-order valence-corrected chi connectivity index (χ1v) is 11.3. The summed E-state index contributed by atoms with van der Waals surface area (Å²) in [5.74, 6) is 0.804. The highest BCUT2D eigenvalue weighted by molar-refractivity contribution is 7.13. The maximum atomic E-state index is 12.1. The van der Waals surface area contributed by atoms with E-state index >= 15 is 0 Å². The SMILES string of the molecule is CCOC(=O)C1CCN(c2nc3cc4ccccc4cc3nc2-c2cccs2)CC1. The largest absolute Gasteiger partial charge is 0.466 e. The molecule has 5 nitrogen and oxygen atoms in total. The van der Waals surface area contributed by atoms with Crippen LogP contribution in [0.3, 0.4) is 0 Å². The van der Waals surface area contributed by atoms with Crippen molar-refractivity contribution in [3.8, 4) is 10.6 Å². The lowest BCUT2D eigenvalue weighted by Crippen LogP contribution is -2.37. The molecule has 3 heterocycles. The predicted octanol–water partition coefficient (Wildman–Crippen LogP) is 5.29. The highest BCUT2D eigenvalue weighted by Crippen LogP contribution is 2.35. The highest BCUT2D eigenvalue weighted by Gasteiger charge is 2.28. The molecule has 0 spiro atoms. The van der Waals surface area contributed by atoms with Crippen LogP contribution < -0.4 is 4.90 Å². The molecular weight excluding hydrogens is 394 g/mol. The second-order valence-electron chi connectivity index (χ2n) is 7.57. The van der Waals surface area contributed by atoms with E-state index in [2.05, 4.69) is 40.6 Å². The molecule has 2 aromatic heterocycles. The quantitative estimate of drug-likeness (QED) is 0.333. The molecule has 2 aromatic carbocycles. The number of hydrogen-bond donors (Lipinski definition) is 0. The molecule has 1 saturated heterocycles. The Morgan fingerprint density at radius 1 is 1.07 bits per heavy atom. The molecule has 6 heteroatoms. The fraction of sp³-hybridized carbons (Fsp3) is 0.292. The normalized spacial score (nSPS) is 15.0. The molecule has 0 amide bonds. The second-order valence-corrected chi connectivity index (χ2v) is 8.52. The summed E-state index contributed by atoms with van der Waals surface area (Å²) >= 11 is 1.68. The van der Waals surface area contributed by atoms with Gasteiger partial charge in [-0.2, -0.15) is 0 Å². The predicted molar refractivity (Wildman–Crippen MR) is 122 cm³/mol. The lowest BCUT2D eigenvalue weighted by Gasteiger charge is -2.32. The molecule has 1 aliphatic rings. The lowest BCUT2D eigenvalue weighted by molar-refractivity contribution is -0.148.